The summed E-state index contributed by atoms with van der Waals surface area (Å²) in [6, 6.07) is 0. The molecule has 2 atom stereocenters. The summed E-state index contributed by atoms with van der Waals surface area (Å²) in [6.45, 7) is 6.64. The lowest BCUT2D eigenvalue weighted by Gasteiger charge is -2.40. The third kappa shape index (κ3) is 2.92. The fraction of sp³-hybridized carbons (Fsp3) is 0.909. The zero-order chi connectivity index (χ0) is 11.5. The summed E-state index contributed by atoms with van der Waals surface area (Å²) >= 11 is 0. The molecule has 4 heteroatoms. The van der Waals surface area contributed by atoms with E-state index < -0.39 is 11.5 Å². The van der Waals surface area contributed by atoms with Crippen molar-refractivity contribution in [1.29, 1.82) is 0 Å². The summed E-state index contributed by atoms with van der Waals surface area (Å²) in [5.41, 5.74) is -0.785. The number of carbonyl (C=O) groups is 1. The summed E-state index contributed by atoms with van der Waals surface area (Å²) < 4.78 is 5.57. The van der Waals surface area contributed by atoms with Gasteiger partial charge in [-0.3, -0.25) is 4.79 Å². The van der Waals surface area contributed by atoms with Crippen molar-refractivity contribution in [3.8, 4) is 0 Å². The van der Waals surface area contributed by atoms with Gasteiger partial charge in [-0.15, -0.1) is 0 Å². The summed E-state index contributed by atoms with van der Waals surface area (Å²) in [5.74, 6) is -0.752. The largest absolute Gasteiger partial charge is 0.480 e. The Kier molecular flexibility index (Phi) is 4.11. The van der Waals surface area contributed by atoms with Crippen LogP contribution in [0.2, 0.25) is 0 Å². The maximum Gasteiger partial charge on any atom is 0.324 e. The Morgan fingerprint density at radius 1 is 1.47 bits per heavy atom. The van der Waals surface area contributed by atoms with Gasteiger partial charge in [0.25, 0.3) is 0 Å². The van der Waals surface area contributed by atoms with Crippen molar-refractivity contribution in [3.05, 3.63) is 0 Å². The van der Waals surface area contributed by atoms with E-state index in [0.717, 1.165) is 13.0 Å². The molecule has 0 radical (unpaired) electrons. The van der Waals surface area contributed by atoms with Crippen molar-refractivity contribution in [2.45, 2.75) is 57.8 Å². The molecule has 4 nitrogen and oxygen atoms in total. The first kappa shape index (κ1) is 12.5. The van der Waals surface area contributed by atoms with Crippen LogP contribution in [0.1, 0.15) is 40.0 Å². The molecule has 1 saturated heterocycles. The van der Waals surface area contributed by atoms with Gasteiger partial charge in [0.1, 0.15) is 5.54 Å². The zero-order valence-electron chi connectivity index (χ0n) is 9.75. The first-order valence-corrected chi connectivity index (χ1v) is 5.64. The van der Waals surface area contributed by atoms with E-state index in [2.05, 4.69) is 5.32 Å². The third-order valence-electron chi connectivity index (χ3n) is 2.86. The van der Waals surface area contributed by atoms with Gasteiger partial charge in [-0.1, -0.05) is 6.92 Å². The molecule has 0 amide bonds. The molecule has 88 valence electrons. The summed E-state index contributed by atoms with van der Waals surface area (Å²) in [7, 11) is 0. The van der Waals surface area contributed by atoms with Crippen molar-refractivity contribution in [3.63, 3.8) is 0 Å². The fourth-order valence-corrected chi connectivity index (χ4v) is 2.32. The van der Waals surface area contributed by atoms with Crippen LogP contribution in [0.25, 0.3) is 0 Å². The van der Waals surface area contributed by atoms with E-state index >= 15 is 0 Å². The lowest BCUT2D eigenvalue weighted by Crippen LogP contribution is -2.58. The number of rotatable bonds is 4. The Morgan fingerprint density at radius 2 is 2.00 bits per heavy atom. The highest BCUT2D eigenvalue weighted by Crippen LogP contribution is 2.29. The predicted octanol–water partition coefficient (Wildman–Crippen LogP) is 1.40. The minimum absolute atomic E-state index is 0.00852. The Labute approximate surface area is 91.0 Å². The molecule has 2 unspecified atom stereocenters. The third-order valence-corrected chi connectivity index (χ3v) is 2.86. The van der Waals surface area contributed by atoms with Crippen LogP contribution in [-0.4, -0.2) is 35.4 Å². The Balaban J connectivity index is 2.74. The van der Waals surface area contributed by atoms with Crippen LogP contribution in [0.15, 0.2) is 0 Å². The molecule has 0 aliphatic carbocycles. The molecule has 1 aliphatic rings. The van der Waals surface area contributed by atoms with Gasteiger partial charge < -0.3 is 15.2 Å². The lowest BCUT2D eigenvalue weighted by molar-refractivity contribution is -0.155. The monoisotopic (exact) mass is 215 g/mol. The second kappa shape index (κ2) is 4.94. The SMILES string of the molecule is CCCNC1(C(=O)O)CC(C)OC(C)C1. The van der Waals surface area contributed by atoms with Crippen molar-refractivity contribution in [2.24, 2.45) is 0 Å². The zero-order valence-corrected chi connectivity index (χ0v) is 9.75. The van der Waals surface area contributed by atoms with Gasteiger partial charge in [0, 0.05) is 12.8 Å². The molecule has 1 fully saturated rings. The smallest absolute Gasteiger partial charge is 0.324 e. The molecule has 1 aliphatic heterocycles. The number of hydrogen-bond acceptors (Lipinski definition) is 3. The maximum atomic E-state index is 11.4. The molecule has 0 aromatic carbocycles. The average molecular weight is 215 g/mol. The Morgan fingerprint density at radius 3 is 2.40 bits per heavy atom. The average Bonchev–Trinajstić information content (AvgIpc) is 2.13. The van der Waals surface area contributed by atoms with Crippen molar-refractivity contribution >= 4 is 5.97 Å². The molecule has 15 heavy (non-hydrogen) atoms. The molecule has 0 spiro atoms. The number of hydrogen-bond donors (Lipinski definition) is 2. The standard InChI is InChI=1S/C11H21NO3/c1-4-5-12-11(10(13)14)6-8(2)15-9(3)7-11/h8-9,12H,4-7H2,1-3H3,(H,13,14). The van der Waals surface area contributed by atoms with Gasteiger partial charge in [-0.05, 0) is 26.8 Å². The first-order chi connectivity index (χ1) is 7.00. The van der Waals surface area contributed by atoms with E-state index in [1.165, 1.54) is 0 Å². The summed E-state index contributed by atoms with van der Waals surface area (Å²) in [6.07, 6.45) is 2.06. The molecule has 0 saturated carbocycles. The van der Waals surface area contributed by atoms with Gasteiger partial charge in [0.2, 0.25) is 0 Å². The molecule has 1 heterocycles. The maximum absolute atomic E-state index is 11.4. The van der Waals surface area contributed by atoms with Crippen LogP contribution >= 0.6 is 0 Å². The van der Waals surface area contributed by atoms with E-state index in [1.807, 2.05) is 20.8 Å². The molecule has 1 rings (SSSR count). The van der Waals surface area contributed by atoms with Crippen LogP contribution < -0.4 is 5.32 Å². The number of ether oxygens (including phenoxy) is 1. The molecule has 2 N–H and O–H groups in total. The lowest BCUT2D eigenvalue weighted by atomic mass is 9.84. The number of nitrogens with one attached hydrogen (secondary N) is 1. The normalized spacial score (nSPS) is 36.5. The Hall–Kier alpha value is -0.610. The minimum atomic E-state index is -0.785. The molecular formula is C11H21NO3. The molecular weight excluding hydrogens is 194 g/mol. The second-order valence-corrected chi connectivity index (χ2v) is 4.48. The summed E-state index contributed by atoms with van der Waals surface area (Å²) in [5, 5.41) is 12.5. The summed E-state index contributed by atoms with van der Waals surface area (Å²) in [4.78, 5) is 11.4. The number of carboxylic acid groups (broad SMARTS) is 1. The first-order valence-electron chi connectivity index (χ1n) is 5.64. The van der Waals surface area contributed by atoms with Crippen molar-refractivity contribution in [1.82, 2.24) is 5.32 Å². The highest BCUT2D eigenvalue weighted by atomic mass is 16.5. The second-order valence-electron chi connectivity index (χ2n) is 4.48. The van der Waals surface area contributed by atoms with E-state index in [9.17, 15) is 9.90 Å². The van der Waals surface area contributed by atoms with Gasteiger partial charge >= 0.3 is 5.97 Å². The van der Waals surface area contributed by atoms with E-state index in [4.69, 9.17) is 4.74 Å². The topological polar surface area (TPSA) is 58.6 Å². The van der Waals surface area contributed by atoms with Crippen LogP contribution in [0.3, 0.4) is 0 Å². The van der Waals surface area contributed by atoms with Crippen LogP contribution in [0, 0.1) is 0 Å². The fourth-order valence-electron chi connectivity index (χ4n) is 2.32. The van der Waals surface area contributed by atoms with Gasteiger partial charge in [0.05, 0.1) is 12.2 Å². The van der Waals surface area contributed by atoms with Gasteiger partial charge in [0.15, 0.2) is 0 Å². The van der Waals surface area contributed by atoms with E-state index in [1.54, 1.807) is 0 Å². The minimum Gasteiger partial charge on any atom is -0.480 e. The van der Waals surface area contributed by atoms with E-state index in [-0.39, 0.29) is 12.2 Å². The van der Waals surface area contributed by atoms with Crippen molar-refractivity contribution < 1.29 is 14.6 Å². The van der Waals surface area contributed by atoms with Crippen molar-refractivity contribution in [2.75, 3.05) is 6.54 Å². The highest BCUT2D eigenvalue weighted by Gasteiger charge is 2.44. The molecule has 0 aromatic rings. The van der Waals surface area contributed by atoms with E-state index in [0.29, 0.717) is 12.8 Å². The van der Waals surface area contributed by atoms with Crippen LogP contribution in [0.4, 0.5) is 0 Å². The predicted molar refractivity (Wildman–Crippen MR) is 57.9 cm³/mol. The van der Waals surface area contributed by atoms with Crippen LogP contribution in [-0.2, 0) is 9.53 Å². The number of aliphatic carboxylic acids is 1. The van der Waals surface area contributed by atoms with Gasteiger partial charge in [-0.25, -0.2) is 0 Å². The van der Waals surface area contributed by atoms with Crippen LogP contribution in [0.5, 0.6) is 0 Å². The quantitative estimate of drug-likeness (QED) is 0.744. The molecule has 0 bridgehead atoms. The number of carboxylic acids is 1. The Bertz CT molecular complexity index is 220. The van der Waals surface area contributed by atoms with Gasteiger partial charge in [-0.2, -0.15) is 0 Å². The highest BCUT2D eigenvalue weighted by molar-refractivity contribution is 5.79. The molecule has 0 aromatic heterocycles.